The Balaban J connectivity index is 1.36. The lowest BCUT2D eigenvalue weighted by Crippen LogP contribution is -2.54. The number of hydrogen-bond donors (Lipinski definition) is 0. The molecule has 0 unspecified atom stereocenters. The van der Waals surface area contributed by atoms with Gasteiger partial charge in [0.15, 0.2) is 0 Å². The summed E-state index contributed by atoms with van der Waals surface area (Å²) in [6.07, 6.45) is 6.68. The van der Waals surface area contributed by atoms with Gasteiger partial charge in [0, 0.05) is 37.6 Å². The van der Waals surface area contributed by atoms with Crippen LogP contribution in [0.15, 0.2) is 47.4 Å². The summed E-state index contributed by atoms with van der Waals surface area (Å²) in [5.41, 5.74) is 0.890. The molecule has 3 aromatic rings. The molecule has 5 heterocycles. The van der Waals surface area contributed by atoms with Crippen molar-refractivity contribution in [2.24, 2.45) is 0 Å². The Morgan fingerprint density at radius 3 is 2.77 bits per heavy atom. The second kappa shape index (κ2) is 7.08. The normalized spacial score (nSPS) is 18.0. The first-order valence-corrected chi connectivity index (χ1v) is 10.0. The van der Waals surface area contributed by atoms with Gasteiger partial charge in [-0.25, -0.2) is 4.68 Å². The van der Waals surface area contributed by atoms with Crippen LogP contribution >= 0.6 is 0 Å². The van der Waals surface area contributed by atoms with Gasteiger partial charge >= 0.3 is 0 Å². The minimum absolute atomic E-state index is 0.0243. The molecule has 154 valence electrons. The summed E-state index contributed by atoms with van der Waals surface area (Å²) in [6.45, 7) is 3.32. The Morgan fingerprint density at radius 1 is 1.23 bits per heavy atom. The average molecular weight is 406 g/mol. The molecule has 0 aliphatic carbocycles. The number of fused-ring (bicyclic) bond motifs is 2. The summed E-state index contributed by atoms with van der Waals surface area (Å²) in [5, 5.41) is 8.57. The van der Waals surface area contributed by atoms with E-state index >= 15 is 0 Å². The van der Waals surface area contributed by atoms with E-state index in [4.69, 9.17) is 4.52 Å². The zero-order valence-electron chi connectivity index (χ0n) is 16.7. The second-order valence-corrected chi connectivity index (χ2v) is 7.95. The van der Waals surface area contributed by atoms with Crippen molar-refractivity contribution in [1.82, 2.24) is 24.8 Å². The molecule has 9 nitrogen and oxygen atoms in total. The van der Waals surface area contributed by atoms with Crippen molar-refractivity contribution in [3.8, 4) is 0 Å². The smallest absolute Gasteiger partial charge is 0.255 e. The summed E-state index contributed by atoms with van der Waals surface area (Å²) < 4.78 is 7.10. The van der Waals surface area contributed by atoms with Crippen molar-refractivity contribution in [2.45, 2.75) is 38.3 Å². The van der Waals surface area contributed by atoms with Crippen molar-refractivity contribution in [2.75, 3.05) is 18.0 Å². The van der Waals surface area contributed by atoms with Crippen molar-refractivity contribution >= 4 is 17.6 Å². The van der Waals surface area contributed by atoms with Gasteiger partial charge in [0.25, 0.3) is 5.91 Å². The Labute approximate surface area is 173 Å². The number of amides is 2. The van der Waals surface area contributed by atoms with Crippen LogP contribution in [0.4, 0.5) is 5.82 Å². The highest BCUT2D eigenvalue weighted by atomic mass is 16.5. The summed E-state index contributed by atoms with van der Waals surface area (Å²) in [7, 11) is 0. The molecule has 1 spiro atoms. The number of rotatable bonds is 3. The first-order chi connectivity index (χ1) is 14.6. The van der Waals surface area contributed by atoms with E-state index in [9.17, 15) is 9.59 Å². The molecule has 0 atom stereocenters. The number of aryl methyl sites for hydroxylation is 1. The van der Waals surface area contributed by atoms with Gasteiger partial charge in [-0.1, -0.05) is 5.16 Å². The van der Waals surface area contributed by atoms with Gasteiger partial charge in [-0.05, 0) is 31.9 Å². The third-order valence-electron chi connectivity index (χ3n) is 6.02. The molecule has 9 heteroatoms. The number of hydrogen-bond acceptors (Lipinski definition) is 6. The molecule has 0 aromatic carbocycles. The van der Waals surface area contributed by atoms with Crippen LogP contribution in [-0.2, 0) is 16.9 Å². The first kappa shape index (κ1) is 18.5. The summed E-state index contributed by atoms with van der Waals surface area (Å²) in [6, 6.07) is 7.23. The number of likely N-dealkylation sites (tertiary alicyclic amines) is 1. The fourth-order valence-electron chi connectivity index (χ4n) is 4.46. The monoisotopic (exact) mass is 406 g/mol. The molecule has 2 amide bonds. The van der Waals surface area contributed by atoms with E-state index in [0.29, 0.717) is 55.9 Å². The number of pyridine rings is 1. The molecule has 0 saturated carbocycles. The van der Waals surface area contributed by atoms with Crippen LogP contribution in [0.2, 0.25) is 0 Å². The molecule has 1 fully saturated rings. The standard InChI is InChI=1S/C21H22N6O3/c1-15-11-17(24-30-15)14-26-18-4-8-23-27(18)21(12-19(26)28)5-9-25(10-6-21)20(29)16-3-2-7-22-13-16/h2-4,7-8,11,13H,5-6,9-10,12,14H2,1H3. The molecule has 1 saturated heterocycles. The predicted octanol–water partition coefficient (Wildman–Crippen LogP) is 2.14. The SMILES string of the molecule is Cc1cc(CN2C(=O)CC3(CCN(C(=O)c4cccnc4)CC3)n3nccc32)no1. The maximum atomic E-state index is 13.1. The fraction of sp³-hybridized carbons (Fsp3) is 0.381. The second-order valence-electron chi connectivity index (χ2n) is 7.95. The molecule has 0 N–H and O–H groups in total. The van der Waals surface area contributed by atoms with E-state index < -0.39 is 5.54 Å². The molecular weight excluding hydrogens is 384 g/mol. The topological polar surface area (TPSA) is 97.4 Å². The fourth-order valence-corrected chi connectivity index (χ4v) is 4.46. The molecule has 30 heavy (non-hydrogen) atoms. The van der Waals surface area contributed by atoms with Gasteiger partial charge in [0.2, 0.25) is 5.91 Å². The zero-order valence-corrected chi connectivity index (χ0v) is 16.7. The van der Waals surface area contributed by atoms with E-state index in [0.717, 1.165) is 5.82 Å². The van der Waals surface area contributed by atoms with E-state index in [1.54, 1.807) is 35.6 Å². The van der Waals surface area contributed by atoms with E-state index in [1.165, 1.54) is 0 Å². The third-order valence-corrected chi connectivity index (χ3v) is 6.02. The largest absolute Gasteiger partial charge is 0.361 e. The van der Waals surface area contributed by atoms with Gasteiger partial charge in [-0.2, -0.15) is 5.10 Å². The van der Waals surface area contributed by atoms with Crippen LogP contribution in [0.3, 0.4) is 0 Å². The van der Waals surface area contributed by atoms with Gasteiger partial charge in [0.05, 0.1) is 30.3 Å². The minimum Gasteiger partial charge on any atom is -0.361 e. The Hall–Kier alpha value is -3.49. The Morgan fingerprint density at radius 2 is 2.07 bits per heavy atom. The van der Waals surface area contributed by atoms with E-state index in [-0.39, 0.29) is 11.8 Å². The average Bonchev–Trinajstić information content (AvgIpc) is 3.41. The van der Waals surface area contributed by atoms with Gasteiger partial charge < -0.3 is 9.42 Å². The maximum Gasteiger partial charge on any atom is 0.255 e. The van der Waals surface area contributed by atoms with Crippen LogP contribution < -0.4 is 4.90 Å². The predicted molar refractivity (Wildman–Crippen MR) is 107 cm³/mol. The maximum absolute atomic E-state index is 13.1. The molecule has 2 aliphatic heterocycles. The van der Waals surface area contributed by atoms with Crippen LogP contribution in [0.25, 0.3) is 0 Å². The zero-order chi connectivity index (χ0) is 20.7. The van der Waals surface area contributed by atoms with Crippen molar-refractivity contribution < 1.29 is 14.1 Å². The highest BCUT2D eigenvalue weighted by molar-refractivity contribution is 5.95. The number of carbonyl (C=O) groups is 2. The van der Waals surface area contributed by atoms with Gasteiger partial charge in [-0.15, -0.1) is 0 Å². The molecular formula is C21H22N6O3. The van der Waals surface area contributed by atoms with Crippen molar-refractivity contribution in [3.05, 3.63) is 59.9 Å². The quantitative estimate of drug-likeness (QED) is 0.661. The third kappa shape index (κ3) is 3.06. The Bertz CT molecular complexity index is 1080. The molecule has 3 aromatic heterocycles. The van der Waals surface area contributed by atoms with Crippen LogP contribution in [0, 0.1) is 6.92 Å². The van der Waals surface area contributed by atoms with Gasteiger partial charge in [0.1, 0.15) is 17.3 Å². The van der Waals surface area contributed by atoms with Crippen LogP contribution in [0.1, 0.15) is 41.1 Å². The molecule has 2 aliphatic rings. The highest BCUT2D eigenvalue weighted by Crippen LogP contribution is 2.41. The van der Waals surface area contributed by atoms with Crippen LogP contribution in [0.5, 0.6) is 0 Å². The molecule has 0 radical (unpaired) electrons. The lowest BCUT2D eigenvalue weighted by Gasteiger charge is -2.46. The van der Waals surface area contributed by atoms with E-state index in [1.807, 2.05) is 28.6 Å². The van der Waals surface area contributed by atoms with Crippen molar-refractivity contribution in [3.63, 3.8) is 0 Å². The van der Waals surface area contributed by atoms with E-state index in [2.05, 4.69) is 15.2 Å². The Kier molecular flexibility index (Phi) is 4.38. The number of aromatic nitrogens is 4. The summed E-state index contributed by atoms with van der Waals surface area (Å²) >= 11 is 0. The van der Waals surface area contributed by atoms with Crippen molar-refractivity contribution in [1.29, 1.82) is 0 Å². The van der Waals surface area contributed by atoms with Gasteiger partial charge in [-0.3, -0.25) is 19.5 Å². The lowest BCUT2D eigenvalue weighted by molar-refractivity contribution is -0.123. The van der Waals surface area contributed by atoms with Crippen LogP contribution in [-0.4, -0.2) is 49.7 Å². The highest BCUT2D eigenvalue weighted by Gasteiger charge is 2.46. The number of piperidine rings is 1. The summed E-state index contributed by atoms with van der Waals surface area (Å²) in [5.74, 6) is 1.49. The minimum atomic E-state index is -0.405. The number of anilines is 1. The molecule has 5 rings (SSSR count). The lowest BCUT2D eigenvalue weighted by atomic mass is 9.82. The molecule has 0 bridgehead atoms. The summed E-state index contributed by atoms with van der Waals surface area (Å²) in [4.78, 5) is 33.5. The number of nitrogens with zero attached hydrogens (tertiary/aromatic N) is 6. The first-order valence-electron chi connectivity index (χ1n) is 10.0. The number of carbonyl (C=O) groups excluding carboxylic acids is 2.